The highest BCUT2D eigenvalue weighted by molar-refractivity contribution is 5.85. The number of hydrogen-bond donors (Lipinski definition) is 1. The Morgan fingerprint density at radius 1 is 0.968 bits per heavy atom. The second-order valence-corrected chi connectivity index (χ2v) is 7.94. The Morgan fingerprint density at radius 2 is 1.61 bits per heavy atom. The molecule has 166 valence electrons. The SMILES string of the molecule is CN1CCc2ccc(-c3cn(C)c(-c4ccc(CCC(=O)O)cc4)n3)cc2CC1.Cl.Cl. The fourth-order valence-electron chi connectivity index (χ4n) is 3.94. The minimum Gasteiger partial charge on any atom is -0.481 e. The van der Waals surface area contributed by atoms with E-state index in [4.69, 9.17) is 10.1 Å². The van der Waals surface area contributed by atoms with Gasteiger partial charge in [-0.2, -0.15) is 0 Å². The Labute approximate surface area is 195 Å². The third-order valence-corrected chi connectivity index (χ3v) is 5.74. The quantitative estimate of drug-likeness (QED) is 0.600. The summed E-state index contributed by atoms with van der Waals surface area (Å²) in [5, 5.41) is 8.84. The molecule has 1 aromatic heterocycles. The topological polar surface area (TPSA) is 58.4 Å². The van der Waals surface area contributed by atoms with Crippen molar-refractivity contribution < 1.29 is 9.90 Å². The van der Waals surface area contributed by atoms with E-state index < -0.39 is 5.97 Å². The average molecular weight is 462 g/mol. The van der Waals surface area contributed by atoms with Crippen molar-refractivity contribution in [1.82, 2.24) is 14.5 Å². The van der Waals surface area contributed by atoms with Crippen LogP contribution in [0.3, 0.4) is 0 Å². The molecule has 2 aromatic carbocycles. The minimum absolute atomic E-state index is 0. The predicted molar refractivity (Wildman–Crippen MR) is 129 cm³/mol. The molecule has 2 heterocycles. The number of nitrogens with zero attached hydrogens (tertiary/aromatic N) is 3. The highest BCUT2D eigenvalue weighted by atomic mass is 35.5. The first-order chi connectivity index (χ1) is 14.0. The summed E-state index contributed by atoms with van der Waals surface area (Å²) in [6.07, 6.45) is 4.97. The number of hydrogen-bond acceptors (Lipinski definition) is 3. The second-order valence-electron chi connectivity index (χ2n) is 7.94. The minimum atomic E-state index is -0.768. The summed E-state index contributed by atoms with van der Waals surface area (Å²) < 4.78 is 2.06. The Morgan fingerprint density at radius 3 is 2.29 bits per heavy atom. The Bertz CT molecular complexity index is 1030. The van der Waals surface area contributed by atoms with Gasteiger partial charge in [0.15, 0.2) is 0 Å². The Hall–Kier alpha value is -2.34. The van der Waals surface area contributed by atoms with Crippen molar-refractivity contribution in [2.24, 2.45) is 7.05 Å². The van der Waals surface area contributed by atoms with Gasteiger partial charge < -0.3 is 14.6 Å². The Kier molecular flexibility index (Phi) is 8.69. The maximum Gasteiger partial charge on any atom is 0.303 e. The van der Waals surface area contributed by atoms with E-state index in [0.717, 1.165) is 54.1 Å². The summed E-state index contributed by atoms with van der Waals surface area (Å²) in [5.74, 6) is 0.148. The second kappa shape index (κ2) is 10.8. The lowest BCUT2D eigenvalue weighted by Gasteiger charge is -2.10. The van der Waals surface area contributed by atoms with Crippen molar-refractivity contribution in [3.05, 3.63) is 65.4 Å². The zero-order chi connectivity index (χ0) is 20.4. The molecule has 0 saturated carbocycles. The molecule has 1 aliphatic rings. The lowest BCUT2D eigenvalue weighted by atomic mass is 9.99. The number of halogens is 2. The largest absolute Gasteiger partial charge is 0.481 e. The molecule has 0 radical (unpaired) electrons. The van der Waals surface area contributed by atoms with Crippen LogP contribution in [0.5, 0.6) is 0 Å². The molecule has 3 aromatic rings. The molecule has 4 rings (SSSR count). The molecule has 0 bridgehead atoms. The maximum absolute atomic E-state index is 10.8. The lowest BCUT2D eigenvalue weighted by molar-refractivity contribution is -0.136. The maximum atomic E-state index is 10.8. The van der Waals surface area contributed by atoms with E-state index in [1.54, 1.807) is 0 Å². The molecule has 0 fully saturated rings. The third-order valence-electron chi connectivity index (χ3n) is 5.74. The van der Waals surface area contributed by atoms with Crippen LogP contribution in [0.15, 0.2) is 48.7 Å². The average Bonchev–Trinajstić information content (AvgIpc) is 3.01. The molecular formula is C24H29Cl2N3O2. The molecule has 0 saturated heterocycles. The van der Waals surface area contributed by atoms with Gasteiger partial charge in [0.25, 0.3) is 0 Å². The van der Waals surface area contributed by atoms with Crippen molar-refractivity contribution in [3.8, 4) is 22.6 Å². The van der Waals surface area contributed by atoms with Gasteiger partial charge in [0, 0.05) is 43.9 Å². The van der Waals surface area contributed by atoms with Crippen molar-refractivity contribution in [2.45, 2.75) is 25.7 Å². The summed E-state index contributed by atoms with van der Waals surface area (Å²) in [4.78, 5) is 18.0. The normalized spacial score (nSPS) is 13.5. The third kappa shape index (κ3) is 5.88. The van der Waals surface area contributed by atoms with Gasteiger partial charge in [0.1, 0.15) is 5.82 Å². The smallest absolute Gasteiger partial charge is 0.303 e. The fourth-order valence-corrected chi connectivity index (χ4v) is 3.94. The molecule has 0 amide bonds. The number of fused-ring (bicyclic) bond motifs is 1. The first kappa shape index (κ1) is 24.9. The van der Waals surface area contributed by atoms with Crippen LogP contribution in [0.4, 0.5) is 0 Å². The van der Waals surface area contributed by atoms with E-state index in [9.17, 15) is 4.79 Å². The zero-order valence-electron chi connectivity index (χ0n) is 17.9. The summed E-state index contributed by atoms with van der Waals surface area (Å²) in [7, 11) is 4.20. The number of imidazole rings is 1. The predicted octanol–water partition coefficient (Wildman–Crippen LogP) is 4.65. The summed E-state index contributed by atoms with van der Waals surface area (Å²) in [5.41, 5.74) is 7.09. The van der Waals surface area contributed by atoms with E-state index in [-0.39, 0.29) is 31.2 Å². The van der Waals surface area contributed by atoms with E-state index in [0.29, 0.717) is 6.42 Å². The van der Waals surface area contributed by atoms with E-state index in [2.05, 4.69) is 40.9 Å². The summed E-state index contributed by atoms with van der Waals surface area (Å²) in [6, 6.07) is 14.8. The summed E-state index contributed by atoms with van der Waals surface area (Å²) >= 11 is 0. The van der Waals surface area contributed by atoms with Gasteiger partial charge >= 0.3 is 5.97 Å². The molecule has 1 aliphatic heterocycles. The fraction of sp³-hybridized carbons (Fsp3) is 0.333. The molecule has 31 heavy (non-hydrogen) atoms. The number of carboxylic acids is 1. The van der Waals surface area contributed by atoms with Crippen molar-refractivity contribution >= 4 is 30.8 Å². The number of rotatable bonds is 5. The molecule has 5 nitrogen and oxygen atoms in total. The molecule has 7 heteroatoms. The van der Waals surface area contributed by atoms with Crippen LogP contribution < -0.4 is 0 Å². The van der Waals surface area contributed by atoms with Gasteiger partial charge in [-0.1, -0.05) is 36.4 Å². The Balaban J connectivity index is 0.00000171. The van der Waals surface area contributed by atoms with Gasteiger partial charge in [-0.3, -0.25) is 4.79 Å². The van der Waals surface area contributed by atoms with E-state index in [1.807, 2.05) is 31.3 Å². The van der Waals surface area contributed by atoms with Crippen molar-refractivity contribution in [1.29, 1.82) is 0 Å². The molecule has 0 unspecified atom stereocenters. The lowest BCUT2D eigenvalue weighted by Crippen LogP contribution is -2.20. The van der Waals surface area contributed by atoms with Crippen molar-refractivity contribution in [2.75, 3.05) is 20.1 Å². The van der Waals surface area contributed by atoms with Crippen LogP contribution >= 0.6 is 24.8 Å². The van der Waals surface area contributed by atoms with E-state index in [1.165, 1.54) is 11.1 Å². The standard InChI is InChI=1S/C24H27N3O2.2ClH/c1-26-13-11-18-8-9-21(15-20(18)12-14-26)22-16-27(2)24(25-22)19-6-3-17(4-7-19)5-10-23(28)29;;/h3-4,6-9,15-16H,5,10-14H2,1-2H3,(H,28,29);2*1H. The molecule has 0 spiro atoms. The number of carbonyl (C=O) groups is 1. The van der Waals surface area contributed by atoms with Gasteiger partial charge in [0.05, 0.1) is 5.69 Å². The van der Waals surface area contributed by atoms with Gasteiger partial charge in [-0.25, -0.2) is 4.98 Å². The summed E-state index contributed by atoms with van der Waals surface area (Å²) in [6.45, 7) is 2.21. The van der Waals surface area contributed by atoms with Crippen LogP contribution in [0, 0.1) is 0 Å². The van der Waals surface area contributed by atoms with Gasteiger partial charge in [-0.15, -0.1) is 24.8 Å². The number of carboxylic acid groups (broad SMARTS) is 1. The zero-order valence-corrected chi connectivity index (χ0v) is 19.5. The molecule has 1 N–H and O–H groups in total. The van der Waals surface area contributed by atoms with Crippen LogP contribution in [-0.4, -0.2) is 45.7 Å². The molecule has 0 aliphatic carbocycles. The van der Waals surface area contributed by atoms with Crippen LogP contribution in [0.1, 0.15) is 23.1 Å². The van der Waals surface area contributed by atoms with Crippen LogP contribution in [0.25, 0.3) is 22.6 Å². The van der Waals surface area contributed by atoms with Crippen molar-refractivity contribution in [3.63, 3.8) is 0 Å². The number of aromatic nitrogens is 2. The number of benzene rings is 2. The molecular weight excluding hydrogens is 433 g/mol. The number of aryl methyl sites for hydroxylation is 2. The van der Waals surface area contributed by atoms with Crippen LogP contribution in [0.2, 0.25) is 0 Å². The van der Waals surface area contributed by atoms with Gasteiger partial charge in [0.2, 0.25) is 0 Å². The first-order valence-electron chi connectivity index (χ1n) is 10.1. The highest BCUT2D eigenvalue weighted by Crippen LogP contribution is 2.27. The number of likely N-dealkylation sites (N-methyl/N-ethyl adjacent to an activating group) is 1. The van der Waals surface area contributed by atoms with Gasteiger partial charge in [-0.05, 0) is 49.1 Å². The molecule has 0 atom stereocenters. The highest BCUT2D eigenvalue weighted by Gasteiger charge is 2.14. The van der Waals surface area contributed by atoms with E-state index >= 15 is 0 Å². The monoisotopic (exact) mass is 461 g/mol. The first-order valence-corrected chi connectivity index (χ1v) is 10.1. The van der Waals surface area contributed by atoms with Crippen LogP contribution in [-0.2, 0) is 31.1 Å². The number of aliphatic carboxylic acids is 1.